The van der Waals surface area contributed by atoms with Crippen LogP contribution in [0.5, 0.6) is 0 Å². The second-order valence-corrected chi connectivity index (χ2v) is 8.27. The number of amides is 2. The van der Waals surface area contributed by atoms with Crippen LogP contribution in [0.25, 0.3) is 0 Å². The zero-order valence-corrected chi connectivity index (χ0v) is 16.4. The first-order valence-electron chi connectivity index (χ1n) is 8.23. The van der Waals surface area contributed by atoms with E-state index < -0.39 is 16.1 Å². The molecule has 0 unspecified atom stereocenters. The summed E-state index contributed by atoms with van der Waals surface area (Å²) in [6, 6.07) is 9.78. The standard InChI is InChI=1S/C17H21N3O5S2/c1-2-25-17(22)19-10-9-18-15(21)12-13-5-7-14(8-6-13)20-27(23,24)16-4-3-11-26-16/h3-8,11,20H,2,9-10,12H2,1H3,(H,18,21)(H,19,22). The number of nitrogens with one attached hydrogen (secondary N) is 3. The van der Waals surface area contributed by atoms with Crippen LogP contribution in [0.2, 0.25) is 0 Å². The van der Waals surface area contributed by atoms with Crippen LogP contribution in [0.15, 0.2) is 46.0 Å². The summed E-state index contributed by atoms with van der Waals surface area (Å²) in [5.41, 5.74) is 1.16. The normalized spacial score (nSPS) is 10.9. The van der Waals surface area contributed by atoms with E-state index in [0.717, 1.165) is 16.9 Å². The molecule has 0 spiro atoms. The van der Waals surface area contributed by atoms with Gasteiger partial charge < -0.3 is 15.4 Å². The molecule has 0 fully saturated rings. The maximum atomic E-state index is 12.2. The highest BCUT2D eigenvalue weighted by molar-refractivity contribution is 7.94. The minimum atomic E-state index is -3.59. The molecule has 1 heterocycles. The maximum absolute atomic E-state index is 12.2. The Labute approximate surface area is 162 Å². The molecule has 0 atom stereocenters. The van der Waals surface area contributed by atoms with Gasteiger partial charge >= 0.3 is 6.09 Å². The largest absolute Gasteiger partial charge is 0.450 e. The lowest BCUT2D eigenvalue weighted by molar-refractivity contribution is -0.120. The van der Waals surface area contributed by atoms with Crippen LogP contribution >= 0.6 is 11.3 Å². The lowest BCUT2D eigenvalue weighted by Crippen LogP contribution is -2.35. The molecule has 1 aromatic heterocycles. The summed E-state index contributed by atoms with van der Waals surface area (Å²) in [4.78, 5) is 23.0. The number of ether oxygens (including phenoxy) is 1. The lowest BCUT2D eigenvalue weighted by Gasteiger charge is -2.09. The molecule has 0 aliphatic heterocycles. The Morgan fingerprint density at radius 2 is 1.78 bits per heavy atom. The Kier molecular flexibility index (Phi) is 7.62. The molecule has 2 rings (SSSR count). The first kappa shape index (κ1) is 20.7. The van der Waals surface area contributed by atoms with Crippen LogP contribution in [0.3, 0.4) is 0 Å². The van der Waals surface area contributed by atoms with Crippen LogP contribution in [-0.2, 0) is 26.0 Å². The number of hydrogen-bond donors (Lipinski definition) is 3. The van der Waals surface area contributed by atoms with Crippen LogP contribution in [0.4, 0.5) is 10.5 Å². The number of anilines is 1. The van der Waals surface area contributed by atoms with Gasteiger partial charge in [-0.05, 0) is 36.1 Å². The molecule has 0 saturated heterocycles. The van der Waals surface area contributed by atoms with Crippen LogP contribution in [0, 0.1) is 0 Å². The smallest absolute Gasteiger partial charge is 0.407 e. The van der Waals surface area contributed by atoms with Crippen molar-refractivity contribution in [3.8, 4) is 0 Å². The highest BCUT2D eigenvalue weighted by Crippen LogP contribution is 2.20. The minimum absolute atomic E-state index is 0.150. The second kappa shape index (κ2) is 9.93. The molecule has 2 aromatic rings. The second-order valence-electron chi connectivity index (χ2n) is 5.41. The summed E-state index contributed by atoms with van der Waals surface area (Å²) >= 11 is 1.14. The highest BCUT2D eigenvalue weighted by Gasteiger charge is 2.15. The summed E-state index contributed by atoms with van der Waals surface area (Å²) in [5.74, 6) is -0.201. The fourth-order valence-electron chi connectivity index (χ4n) is 2.11. The third kappa shape index (κ3) is 6.91. The van der Waals surface area contributed by atoms with Crippen molar-refractivity contribution in [3.05, 3.63) is 47.3 Å². The SMILES string of the molecule is CCOC(=O)NCCNC(=O)Cc1ccc(NS(=O)(=O)c2cccs2)cc1. The highest BCUT2D eigenvalue weighted by atomic mass is 32.2. The van der Waals surface area contributed by atoms with Crippen molar-refractivity contribution in [3.63, 3.8) is 0 Å². The predicted octanol–water partition coefficient (Wildman–Crippen LogP) is 1.95. The van der Waals surface area contributed by atoms with E-state index in [1.54, 1.807) is 42.6 Å². The summed E-state index contributed by atoms with van der Waals surface area (Å²) in [5, 5.41) is 6.88. The predicted molar refractivity (Wildman–Crippen MR) is 103 cm³/mol. The molecule has 0 aliphatic rings. The zero-order chi connectivity index (χ0) is 19.7. The number of benzene rings is 1. The van der Waals surface area contributed by atoms with Crippen molar-refractivity contribution in [2.45, 2.75) is 17.6 Å². The van der Waals surface area contributed by atoms with E-state index in [2.05, 4.69) is 15.4 Å². The number of carbonyl (C=O) groups excluding carboxylic acids is 2. The molecule has 27 heavy (non-hydrogen) atoms. The summed E-state index contributed by atoms with van der Waals surface area (Å²) in [6.07, 6.45) is -0.371. The van der Waals surface area contributed by atoms with Crippen LogP contribution in [0.1, 0.15) is 12.5 Å². The van der Waals surface area contributed by atoms with Gasteiger partial charge in [-0.25, -0.2) is 13.2 Å². The van der Waals surface area contributed by atoms with E-state index in [-0.39, 0.29) is 36.2 Å². The Balaban J connectivity index is 1.78. The fourth-order valence-corrected chi connectivity index (χ4v) is 4.16. The molecule has 146 valence electrons. The third-order valence-corrected chi connectivity index (χ3v) is 6.10. The average molecular weight is 412 g/mol. The van der Waals surface area contributed by atoms with Gasteiger partial charge in [0.25, 0.3) is 10.0 Å². The van der Waals surface area contributed by atoms with Crippen molar-refractivity contribution in [1.82, 2.24) is 10.6 Å². The molecule has 0 saturated carbocycles. The summed E-state index contributed by atoms with van der Waals surface area (Å²) in [6.45, 7) is 2.56. The van der Waals surface area contributed by atoms with Crippen LogP contribution < -0.4 is 15.4 Å². The number of thiophene rings is 1. The Hall–Kier alpha value is -2.59. The quantitative estimate of drug-likeness (QED) is 0.546. The average Bonchev–Trinajstić information content (AvgIpc) is 3.16. The summed E-state index contributed by atoms with van der Waals surface area (Å²) in [7, 11) is -3.59. The number of rotatable bonds is 9. The topological polar surface area (TPSA) is 114 Å². The van der Waals surface area contributed by atoms with Gasteiger partial charge in [0, 0.05) is 18.8 Å². The molecule has 2 amide bonds. The van der Waals surface area contributed by atoms with Gasteiger partial charge in [0.2, 0.25) is 5.91 Å². The van der Waals surface area contributed by atoms with E-state index in [4.69, 9.17) is 4.74 Å². The van der Waals surface area contributed by atoms with E-state index in [9.17, 15) is 18.0 Å². The van der Waals surface area contributed by atoms with E-state index >= 15 is 0 Å². The molecular weight excluding hydrogens is 390 g/mol. The lowest BCUT2D eigenvalue weighted by atomic mass is 10.1. The number of alkyl carbamates (subject to hydrolysis) is 1. The Morgan fingerprint density at radius 3 is 2.41 bits per heavy atom. The number of hydrogen-bond acceptors (Lipinski definition) is 6. The van der Waals surface area contributed by atoms with Crippen molar-refractivity contribution in [1.29, 1.82) is 0 Å². The number of sulfonamides is 1. The monoisotopic (exact) mass is 411 g/mol. The molecule has 1 aromatic carbocycles. The molecule has 8 nitrogen and oxygen atoms in total. The third-order valence-electron chi connectivity index (χ3n) is 3.32. The van der Waals surface area contributed by atoms with Crippen molar-refractivity contribution in [2.24, 2.45) is 0 Å². The number of carbonyl (C=O) groups is 2. The van der Waals surface area contributed by atoms with E-state index in [1.807, 2.05) is 0 Å². The fraction of sp³-hybridized carbons (Fsp3) is 0.294. The molecular formula is C17H21N3O5S2. The molecule has 0 radical (unpaired) electrons. The van der Waals surface area contributed by atoms with Gasteiger partial charge in [-0.3, -0.25) is 9.52 Å². The molecule has 10 heteroatoms. The van der Waals surface area contributed by atoms with E-state index in [0.29, 0.717) is 5.69 Å². The zero-order valence-electron chi connectivity index (χ0n) is 14.7. The molecule has 0 aliphatic carbocycles. The van der Waals surface area contributed by atoms with E-state index in [1.165, 1.54) is 6.07 Å². The minimum Gasteiger partial charge on any atom is -0.450 e. The van der Waals surface area contributed by atoms with Gasteiger partial charge in [-0.1, -0.05) is 18.2 Å². The Morgan fingerprint density at radius 1 is 1.07 bits per heavy atom. The first-order chi connectivity index (χ1) is 12.9. The van der Waals surface area contributed by atoms with Crippen molar-refractivity contribution in [2.75, 3.05) is 24.4 Å². The molecule has 3 N–H and O–H groups in total. The van der Waals surface area contributed by atoms with Gasteiger partial charge in [0.05, 0.1) is 13.0 Å². The van der Waals surface area contributed by atoms with Crippen molar-refractivity contribution >= 4 is 39.0 Å². The summed E-state index contributed by atoms with van der Waals surface area (Å²) < 4.78 is 31.8. The van der Waals surface area contributed by atoms with Gasteiger partial charge in [-0.2, -0.15) is 0 Å². The van der Waals surface area contributed by atoms with Crippen molar-refractivity contribution < 1.29 is 22.7 Å². The first-order valence-corrected chi connectivity index (χ1v) is 10.6. The van der Waals surface area contributed by atoms with Gasteiger partial charge in [-0.15, -0.1) is 11.3 Å². The van der Waals surface area contributed by atoms with Gasteiger partial charge in [0.15, 0.2) is 0 Å². The van der Waals surface area contributed by atoms with Gasteiger partial charge in [0.1, 0.15) is 4.21 Å². The molecule has 0 bridgehead atoms. The Bertz CT molecular complexity index is 849. The van der Waals surface area contributed by atoms with Crippen LogP contribution in [-0.4, -0.2) is 40.1 Å². The maximum Gasteiger partial charge on any atom is 0.407 e.